The van der Waals surface area contributed by atoms with Gasteiger partial charge in [0.25, 0.3) is 11.4 Å². The highest BCUT2D eigenvalue weighted by atomic mass is 31.2. The number of rotatable bonds is 18. The lowest BCUT2D eigenvalue weighted by molar-refractivity contribution is -0.385. The van der Waals surface area contributed by atoms with E-state index in [2.05, 4.69) is 5.32 Å². The van der Waals surface area contributed by atoms with Crippen molar-refractivity contribution < 1.29 is 42.5 Å². The van der Waals surface area contributed by atoms with E-state index in [0.717, 1.165) is 22.3 Å². The molecule has 1 amide bonds. The minimum atomic E-state index is -4.22. The molecule has 0 fully saturated rings. The largest absolute Gasteiger partial charge is 0.459 e. The van der Waals surface area contributed by atoms with Gasteiger partial charge in [-0.2, -0.15) is 0 Å². The Morgan fingerprint density at radius 3 is 1.68 bits per heavy atom. The van der Waals surface area contributed by atoms with Crippen LogP contribution in [0.5, 0.6) is 0 Å². The number of benzene rings is 5. The molecule has 1 N–H and O–H groups in total. The van der Waals surface area contributed by atoms with Crippen molar-refractivity contribution in [3.05, 3.63) is 181 Å². The zero-order chi connectivity index (χ0) is 41.9. The number of carbonyl (C=O) groups excluding carboxylic acids is 2. The van der Waals surface area contributed by atoms with E-state index in [1.807, 2.05) is 38.1 Å². The van der Waals surface area contributed by atoms with Crippen molar-refractivity contribution in [1.82, 2.24) is 14.9 Å². The van der Waals surface area contributed by atoms with Gasteiger partial charge in [0.2, 0.25) is 0 Å². The van der Waals surface area contributed by atoms with Crippen LogP contribution in [0.25, 0.3) is 11.0 Å². The van der Waals surface area contributed by atoms with Crippen molar-refractivity contribution >= 4 is 42.1 Å². The fraction of sp³-hybridized carbons (Fsp3) is 0.214. The van der Waals surface area contributed by atoms with Crippen molar-refractivity contribution in [1.29, 1.82) is 0 Å². The van der Waals surface area contributed by atoms with Gasteiger partial charge in [0.15, 0.2) is 0 Å². The minimum Gasteiger partial charge on any atom is -0.459 e. The lowest BCUT2D eigenvalue weighted by Crippen LogP contribution is -2.44. The summed E-state index contributed by atoms with van der Waals surface area (Å²) in [5.41, 5.74) is 4.96. The highest BCUT2D eigenvalue weighted by Gasteiger charge is 2.32. The Labute approximate surface area is 338 Å². The fourth-order valence-corrected chi connectivity index (χ4v) is 7.51. The minimum absolute atomic E-state index is 0.0586. The van der Waals surface area contributed by atoms with Crippen LogP contribution in [-0.4, -0.2) is 37.5 Å². The molecule has 6 rings (SSSR count). The molecule has 0 aliphatic heterocycles. The average Bonchev–Trinajstić information content (AvgIpc) is 3.55. The SMILES string of the molecule is Cc1cc2nc(C[C@@H](NC(=O)OCc3ccccc3)C(=O)OCc3ccccc3)n(CP(=O)(OCc3ccc([N+](=O)[O-])cc3)OCc3ccc([N+](=O)[O-])cc3)c2cc1C. The van der Waals surface area contributed by atoms with E-state index in [0.29, 0.717) is 22.2 Å². The van der Waals surface area contributed by atoms with Crippen LogP contribution in [0.3, 0.4) is 0 Å². The maximum absolute atomic E-state index is 14.9. The lowest BCUT2D eigenvalue weighted by Gasteiger charge is -2.22. The van der Waals surface area contributed by atoms with E-state index in [1.54, 1.807) is 53.1 Å². The number of aromatic nitrogens is 2. The summed E-state index contributed by atoms with van der Waals surface area (Å²) < 4.78 is 39.7. The van der Waals surface area contributed by atoms with E-state index in [-0.39, 0.29) is 50.0 Å². The molecular formula is C42H40N5O11P. The number of ether oxygens (including phenoxy) is 2. The van der Waals surface area contributed by atoms with Gasteiger partial charge in [-0.05, 0) is 83.6 Å². The van der Waals surface area contributed by atoms with E-state index < -0.39 is 41.8 Å². The predicted octanol–water partition coefficient (Wildman–Crippen LogP) is 8.63. The maximum atomic E-state index is 14.9. The summed E-state index contributed by atoms with van der Waals surface area (Å²) in [6, 6.07) is 31.5. The molecule has 0 unspecified atom stereocenters. The summed E-state index contributed by atoms with van der Waals surface area (Å²) >= 11 is 0. The van der Waals surface area contributed by atoms with Gasteiger partial charge < -0.3 is 28.4 Å². The van der Waals surface area contributed by atoms with Gasteiger partial charge in [-0.25, -0.2) is 14.6 Å². The second-order valence-electron chi connectivity index (χ2n) is 13.6. The Morgan fingerprint density at radius 1 is 0.695 bits per heavy atom. The third-order valence-electron chi connectivity index (χ3n) is 9.31. The molecule has 0 radical (unpaired) electrons. The predicted molar refractivity (Wildman–Crippen MR) is 216 cm³/mol. The van der Waals surface area contributed by atoms with Gasteiger partial charge in [0.1, 0.15) is 31.4 Å². The number of imidazole rings is 1. The number of nitrogens with one attached hydrogen (secondary N) is 1. The van der Waals surface area contributed by atoms with Gasteiger partial charge in [0.05, 0.1) is 34.1 Å². The highest BCUT2D eigenvalue weighted by Crippen LogP contribution is 2.52. The van der Waals surface area contributed by atoms with Crippen LogP contribution in [0.1, 0.15) is 39.2 Å². The average molecular weight is 822 g/mol. The lowest BCUT2D eigenvalue weighted by atomic mass is 10.1. The molecule has 5 aromatic carbocycles. The smallest absolute Gasteiger partial charge is 0.408 e. The number of carbonyl (C=O) groups is 2. The first-order chi connectivity index (χ1) is 28.4. The third kappa shape index (κ3) is 11.4. The summed E-state index contributed by atoms with van der Waals surface area (Å²) in [6.07, 6.45) is -1.54. The standard InChI is InChI=1S/C42H40N5O11P/c1-29-21-37-39(22-30(29)2)45(28-59(54,57-26-33-13-17-35(18-14-33)46(50)51)58-27-34-15-19-36(20-16-34)47(52)53)40(43-37)23-38(41(48)55-24-31-9-5-3-6-10-31)44-42(49)56-25-32-11-7-4-8-12-32/h3-22,38H,23-28H2,1-2H3,(H,44,49)/t38-/m1/s1. The Bertz CT molecular complexity index is 2410. The molecule has 0 saturated carbocycles. The molecule has 0 aliphatic carbocycles. The summed E-state index contributed by atoms with van der Waals surface area (Å²) in [7, 11) is -4.22. The molecule has 0 saturated heterocycles. The molecule has 16 nitrogen and oxygen atoms in total. The van der Waals surface area contributed by atoms with Crippen molar-refractivity contribution in [3.63, 3.8) is 0 Å². The molecule has 6 aromatic rings. The van der Waals surface area contributed by atoms with Crippen LogP contribution in [0.4, 0.5) is 16.2 Å². The summed E-state index contributed by atoms with van der Waals surface area (Å²) in [5.74, 6) is -0.545. The summed E-state index contributed by atoms with van der Waals surface area (Å²) in [5, 5.41) is 25.1. The van der Waals surface area contributed by atoms with Crippen molar-refractivity contribution in [3.8, 4) is 0 Å². The van der Waals surface area contributed by atoms with E-state index in [9.17, 15) is 34.4 Å². The Balaban J connectivity index is 1.33. The highest BCUT2D eigenvalue weighted by molar-refractivity contribution is 7.52. The van der Waals surface area contributed by atoms with Crippen molar-refractivity contribution in [2.75, 3.05) is 0 Å². The quantitative estimate of drug-likeness (QED) is 0.0374. The molecule has 1 aromatic heterocycles. The van der Waals surface area contributed by atoms with Crippen LogP contribution in [0.2, 0.25) is 0 Å². The van der Waals surface area contributed by atoms with Crippen LogP contribution >= 0.6 is 7.60 Å². The number of fused-ring (bicyclic) bond motifs is 1. The van der Waals surface area contributed by atoms with E-state index in [1.165, 1.54) is 48.5 Å². The number of aryl methyl sites for hydroxylation is 2. The number of nitro benzene ring substituents is 2. The molecule has 0 bridgehead atoms. The molecule has 0 spiro atoms. The number of hydrogen-bond acceptors (Lipinski definition) is 12. The van der Waals surface area contributed by atoms with Crippen LogP contribution in [0.15, 0.2) is 121 Å². The Kier molecular flexibility index (Phi) is 13.6. The van der Waals surface area contributed by atoms with Gasteiger partial charge >= 0.3 is 19.7 Å². The monoisotopic (exact) mass is 821 g/mol. The zero-order valence-electron chi connectivity index (χ0n) is 32.1. The number of nitro groups is 2. The molecule has 0 aliphatic rings. The number of amides is 1. The number of non-ortho nitro benzene ring substituents is 2. The second-order valence-corrected chi connectivity index (χ2v) is 15.6. The number of nitrogens with zero attached hydrogens (tertiary/aromatic N) is 4. The molecular weight excluding hydrogens is 781 g/mol. The maximum Gasteiger partial charge on any atom is 0.408 e. The van der Waals surface area contributed by atoms with Crippen LogP contribution < -0.4 is 5.32 Å². The third-order valence-corrected chi connectivity index (χ3v) is 11.0. The molecule has 304 valence electrons. The summed E-state index contributed by atoms with van der Waals surface area (Å²) in [6.45, 7) is 3.14. The Morgan fingerprint density at radius 2 is 1.17 bits per heavy atom. The first-order valence-corrected chi connectivity index (χ1v) is 20.1. The summed E-state index contributed by atoms with van der Waals surface area (Å²) in [4.78, 5) is 53.2. The molecule has 17 heteroatoms. The van der Waals surface area contributed by atoms with Crippen molar-refractivity contribution in [2.24, 2.45) is 0 Å². The first-order valence-electron chi connectivity index (χ1n) is 18.3. The molecule has 1 heterocycles. The molecule has 59 heavy (non-hydrogen) atoms. The fourth-order valence-electron chi connectivity index (χ4n) is 5.92. The number of hydrogen-bond donors (Lipinski definition) is 1. The van der Waals surface area contributed by atoms with Gasteiger partial charge in [0, 0.05) is 30.7 Å². The number of alkyl carbamates (subject to hydrolysis) is 1. The van der Waals surface area contributed by atoms with Crippen molar-refractivity contribution in [2.45, 2.75) is 59.0 Å². The van der Waals surface area contributed by atoms with Crippen LogP contribution in [-0.2, 0) is 67.0 Å². The van der Waals surface area contributed by atoms with Gasteiger partial charge in [-0.1, -0.05) is 60.7 Å². The van der Waals surface area contributed by atoms with Crippen LogP contribution in [0, 0.1) is 34.1 Å². The first kappa shape index (κ1) is 41.9. The second kappa shape index (κ2) is 19.1. The van der Waals surface area contributed by atoms with E-state index in [4.69, 9.17) is 23.5 Å². The Hall–Kier alpha value is -6.74. The zero-order valence-corrected chi connectivity index (χ0v) is 33.0. The molecule has 1 atom stereocenters. The topological polar surface area (TPSA) is 204 Å². The van der Waals surface area contributed by atoms with E-state index >= 15 is 0 Å². The number of esters is 1. The van der Waals surface area contributed by atoms with Gasteiger partial charge in [-0.15, -0.1) is 0 Å². The van der Waals surface area contributed by atoms with Gasteiger partial charge in [-0.3, -0.25) is 24.8 Å². The normalized spacial score (nSPS) is 11.8.